The van der Waals surface area contributed by atoms with Crippen molar-refractivity contribution in [1.82, 2.24) is 5.32 Å². The Morgan fingerprint density at radius 2 is 2.33 bits per heavy atom. The van der Waals surface area contributed by atoms with Gasteiger partial charge in [0.1, 0.15) is 5.75 Å². The Morgan fingerprint density at radius 1 is 1.42 bits per heavy atom. The molecule has 1 heterocycles. The van der Waals surface area contributed by atoms with E-state index in [0.29, 0.717) is 11.8 Å². The summed E-state index contributed by atoms with van der Waals surface area (Å²) in [7, 11) is 0. The summed E-state index contributed by atoms with van der Waals surface area (Å²) in [5.41, 5.74) is 1.20. The zero-order valence-electron chi connectivity index (χ0n) is 6.96. The van der Waals surface area contributed by atoms with Gasteiger partial charge in [-0.2, -0.15) is 0 Å². The van der Waals surface area contributed by atoms with Crippen LogP contribution in [0.25, 0.3) is 0 Å². The summed E-state index contributed by atoms with van der Waals surface area (Å²) in [6, 6.07) is 7.95. The van der Waals surface area contributed by atoms with E-state index in [1.165, 1.54) is 18.4 Å². The number of benzene rings is 1. The van der Waals surface area contributed by atoms with E-state index in [9.17, 15) is 5.11 Å². The summed E-state index contributed by atoms with van der Waals surface area (Å²) in [6.07, 6.45) is 2.42. The monoisotopic (exact) mass is 163 g/mol. The first kappa shape index (κ1) is 7.62. The fourth-order valence-electron chi connectivity index (χ4n) is 1.71. The van der Waals surface area contributed by atoms with Crippen LogP contribution in [-0.4, -0.2) is 11.7 Å². The molecule has 0 amide bonds. The summed E-state index contributed by atoms with van der Waals surface area (Å²) in [5, 5.41) is 12.6. The van der Waals surface area contributed by atoms with E-state index in [1.807, 2.05) is 12.1 Å². The van der Waals surface area contributed by atoms with Crippen LogP contribution in [0.1, 0.15) is 24.4 Å². The first-order valence-corrected chi connectivity index (χ1v) is 4.38. The van der Waals surface area contributed by atoms with Crippen LogP contribution in [0.4, 0.5) is 0 Å². The smallest absolute Gasteiger partial charge is 0.115 e. The fraction of sp³-hybridized carbons (Fsp3) is 0.400. The highest BCUT2D eigenvalue weighted by molar-refractivity contribution is 5.29. The van der Waals surface area contributed by atoms with Gasteiger partial charge in [-0.15, -0.1) is 0 Å². The summed E-state index contributed by atoms with van der Waals surface area (Å²) in [5.74, 6) is 0.362. The lowest BCUT2D eigenvalue weighted by molar-refractivity contribution is 0.473. The molecule has 2 rings (SSSR count). The molecule has 12 heavy (non-hydrogen) atoms. The number of hydrogen-bond donors (Lipinski definition) is 2. The predicted molar refractivity (Wildman–Crippen MR) is 48.1 cm³/mol. The van der Waals surface area contributed by atoms with Crippen LogP contribution in [0.3, 0.4) is 0 Å². The lowest BCUT2D eigenvalue weighted by atomic mass is 10.1. The minimum absolute atomic E-state index is 0.362. The molecule has 2 heteroatoms. The Bertz CT molecular complexity index is 266. The first-order valence-electron chi connectivity index (χ1n) is 4.38. The van der Waals surface area contributed by atoms with Crippen molar-refractivity contribution >= 4 is 0 Å². The molecule has 0 spiro atoms. The zero-order valence-corrected chi connectivity index (χ0v) is 6.96. The van der Waals surface area contributed by atoms with E-state index in [4.69, 9.17) is 0 Å². The van der Waals surface area contributed by atoms with Crippen molar-refractivity contribution in [2.75, 3.05) is 6.54 Å². The van der Waals surface area contributed by atoms with Crippen LogP contribution in [0.15, 0.2) is 24.3 Å². The number of hydrogen-bond acceptors (Lipinski definition) is 2. The molecule has 0 radical (unpaired) electrons. The lowest BCUT2D eigenvalue weighted by Gasteiger charge is -2.09. The third kappa shape index (κ3) is 1.43. The molecule has 1 fully saturated rings. The van der Waals surface area contributed by atoms with Crippen molar-refractivity contribution in [3.63, 3.8) is 0 Å². The van der Waals surface area contributed by atoms with Gasteiger partial charge in [-0.1, -0.05) is 12.1 Å². The quantitative estimate of drug-likeness (QED) is 0.661. The molecule has 1 atom stereocenters. The standard InChI is InChI=1S/C10H13NO/c12-9-4-1-3-8(7-9)10-5-2-6-11-10/h1,3-4,7,10-12H,2,5-6H2. The Morgan fingerprint density at radius 3 is 3.00 bits per heavy atom. The number of nitrogens with one attached hydrogen (secondary N) is 1. The average molecular weight is 163 g/mol. The van der Waals surface area contributed by atoms with Crippen molar-refractivity contribution in [2.45, 2.75) is 18.9 Å². The van der Waals surface area contributed by atoms with Crippen LogP contribution >= 0.6 is 0 Å². The Kier molecular flexibility index (Phi) is 2.00. The molecule has 1 aromatic carbocycles. The molecule has 1 aromatic rings. The van der Waals surface area contributed by atoms with Gasteiger partial charge in [0, 0.05) is 6.04 Å². The van der Waals surface area contributed by atoms with Gasteiger partial charge in [-0.05, 0) is 37.1 Å². The molecule has 1 aliphatic rings. The molecule has 1 unspecified atom stereocenters. The zero-order chi connectivity index (χ0) is 8.39. The second kappa shape index (κ2) is 3.15. The first-order chi connectivity index (χ1) is 5.86. The van der Waals surface area contributed by atoms with Gasteiger partial charge >= 0.3 is 0 Å². The van der Waals surface area contributed by atoms with Crippen molar-refractivity contribution < 1.29 is 5.11 Å². The van der Waals surface area contributed by atoms with Crippen molar-refractivity contribution in [3.05, 3.63) is 29.8 Å². The molecular weight excluding hydrogens is 150 g/mol. The average Bonchev–Trinajstić information content (AvgIpc) is 2.56. The summed E-state index contributed by atoms with van der Waals surface area (Å²) in [4.78, 5) is 0. The molecule has 1 aliphatic heterocycles. The SMILES string of the molecule is Oc1cccc(C2CCCN2)c1. The Balaban J connectivity index is 2.21. The van der Waals surface area contributed by atoms with E-state index in [2.05, 4.69) is 11.4 Å². The number of phenols is 1. The molecule has 0 saturated carbocycles. The molecule has 2 nitrogen and oxygen atoms in total. The van der Waals surface area contributed by atoms with Crippen LogP contribution < -0.4 is 5.32 Å². The highest BCUT2D eigenvalue weighted by Gasteiger charge is 2.15. The largest absolute Gasteiger partial charge is 0.508 e. The van der Waals surface area contributed by atoms with Gasteiger partial charge in [-0.3, -0.25) is 0 Å². The maximum absolute atomic E-state index is 9.25. The maximum atomic E-state index is 9.25. The number of aromatic hydroxyl groups is 1. The van der Waals surface area contributed by atoms with Gasteiger partial charge in [0.2, 0.25) is 0 Å². The molecule has 0 aliphatic carbocycles. The van der Waals surface area contributed by atoms with Crippen LogP contribution in [0.2, 0.25) is 0 Å². The van der Waals surface area contributed by atoms with Crippen LogP contribution in [-0.2, 0) is 0 Å². The van der Waals surface area contributed by atoms with E-state index >= 15 is 0 Å². The summed E-state index contributed by atoms with van der Waals surface area (Å²) < 4.78 is 0. The maximum Gasteiger partial charge on any atom is 0.115 e. The lowest BCUT2D eigenvalue weighted by Crippen LogP contribution is -2.12. The molecule has 2 N–H and O–H groups in total. The molecule has 64 valence electrons. The van der Waals surface area contributed by atoms with E-state index in [-0.39, 0.29) is 0 Å². The van der Waals surface area contributed by atoms with Crippen molar-refractivity contribution in [2.24, 2.45) is 0 Å². The third-order valence-corrected chi connectivity index (χ3v) is 2.33. The molecular formula is C10H13NO. The van der Waals surface area contributed by atoms with E-state index in [1.54, 1.807) is 6.07 Å². The molecule has 0 aromatic heterocycles. The molecule has 1 saturated heterocycles. The van der Waals surface area contributed by atoms with E-state index < -0.39 is 0 Å². The normalized spacial score (nSPS) is 22.8. The number of rotatable bonds is 1. The van der Waals surface area contributed by atoms with Gasteiger partial charge in [0.25, 0.3) is 0 Å². The number of phenolic OH excluding ortho intramolecular Hbond substituents is 1. The minimum Gasteiger partial charge on any atom is -0.508 e. The fourth-order valence-corrected chi connectivity index (χ4v) is 1.71. The molecule has 0 bridgehead atoms. The second-order valence-corrected chi connectivity index (χ2v) is 3.24. The Labute approximate surface area is 72.2 Å². The van der Waals surface area contributed by atoms with E-state index in [0.717, 1.165) is 6.54 Å². The van der Waals surface area contributed by atoms with Gasteiger partial charge in [0.15, 0.2) is 0 Å². The van der Waals surface area contributed by atoms with Gasteiger partial charge in [-0.25, -0.2) is 0 Å². The third-order valence-electron chi connectivity index (χ3n) is 2.33. The van der Waals surface area contributed by atoms with Gasteiger partial charge < -0.3 is 10.4 Å². The van der Waals surface area contributed by atoms with Crippen LogP contribution in [0, 0.1) is 0 Å². The summed E-state index contributed by atoms with van der Waals surface area (Å²) >= 11 is 0. The van der Waals surface area contributed by atoms with Gasteiger partial charge in [0.05, 0.1) is 0 Å². The Hall–Kier alpha value is -1.02. The van der Waals surface area contributed by atoms with Crippen molar-refractivity contribution in [3.8, 4) is 5.75 Å². The van der Waals surface area contributed by atoms with Crippen LogP contribution in [0.5, 0.6) is 5.75 Å². The van der Waals surface area contributed by atoms with Crippen molar-refractivity contribution in [1.29, 1.82) is 0 Å². The highest BCUT2D eigenvalue weighted by atomic mass is 16.3. The highest BCUT2D eigenvalue weighted by Crippen LogP contribution is 2.24. The summed E-state index contributed by atoms with van der Waals surface area (Å²) in [6.45, 7) is 1.10. The minimum atomic E-state index is 0.362. The topological polar surface area (TPSA) is 32.3 Å². The predicted octanol–water partition coefficient (Wildman–Crippen LogP) is 1.82. The second-order valence-electron chi connectivity index (χ2n) is 3.24.